The van der Waals surface area contributed by atoms with E-state index in [0.29, 0.717) is 5.52 Å². The van der Waals surface area contributed by atoms with Crippen LogP contribution in [0.25, 0.3) is 10.9 Å². The number of methoxy groups -OCH3 is 1. The van der Waals surface area contributed by atoms with Crippen molar-refractivity contribution in [2.45, 2.75) is 0 Å². The largest absolute Gasteiger partial charge is 0.477 e. The Morgan fingerprint density at radius 3 is 2.56 bits per heavy atom. The number of carbonyl (C=O) groups is 2. The van der Waals surface area contributed by atoms with Crippen LogP contribution in [0.4, 0.5) is 0 Å². The smallest absolute Gasteiger partial charge is 0.353 e. The Kier molecular flexibility index (Phi) is 2.85. The van der Waals surface area contributed by atoms with Gasteiger partial charge in [-0.1, -0.05) is 12.1 Å². The van der Waals surface area contributed by atoms with E-state index in [9.17, 15) is 14.4 Å². The second kappa shape index (κ2) is 4.33. The number of benzene rings is 1. The van der Waals surface area contributed by atoms with Gasteiger partial charge in [-0.3, -0.25) is 4.79 Å². The first kappa shape index (κ1) is 11.8. The third kappa shape index (κ3) is 1.73. The van der Waals surface area contributed by atoms with E-state index in [1.54, 1.807) is 18.2 Å². The van der Waals surface area contributed by atoms with Gasteiger partial charge in [-0.2, -0.15) is 0 Å². The predicted octanol–water partition coefficient (Wildman–Crippen LogP) is 1.01. The molecule has 0 fully saturated rings. The second-order valence-corrected chi connectivity index (χ2v) is 3.55. The highest BCUT2D eigenvalue weighted by Gasteiger charge is 2.23. The molecule has 0 saturated carbocycles. The zero-order chi connectivity index (χ0) is 13.3. The third-order valence-corrected chi connectivity index (χ3v) is 2.51. The summed E-state index contributed by atoms with van der Waals surface area (Å²) in [5.74, 6) is -2.36. The van der Waals surface area contributed by atoms with Crippen molar-refractivity contribution in [2.24, 2.45) is 0 Å². The van der Waals surface area contributed by atoms with E-state index in [1.807, 2.05) is 0 Å². The van der Waals surface area contributed by atoms with Gasteiger partial charge in [-0.05, 0) is 12.1 Å². The monoisotopic (exact) mass is 247 g/mol. The molecule has 0 saturated heterocycles. The van der Waals surface area contributed by atoms with Crippen molar-refractivity contribution in [3.8, 4) is 0 Å². The average molecular weight is 247 g/mol. The summed E-state index contributed by atoms with van der Waals surface area (Å²) < 4.78 is 4.43. The van der Waals surface area contributed by atoms with Crippen LogP contribution < -0.4 is 5.43 Å². The molecule has 0 spiro atoms. The number of aromatic nitrogens is 1. The lowest BCUT2D eigenvalue weighted by atomic mass is 10.1. The predicted molar refractivity (Wildman–Crippen MR) is 62.9 cm³/mol. The van der Waals surface area contributed by atoms with Crippen LogP contribution in [0, 0.1) is 0 Å². The quantitative estimate of drug-likeness (QED) is 0.772. The maximum Gasteiger partial charge on any atom is 0.353 e. The van der Waals surface area contributed by atoms with Crippen LogP contribution >= 0.6 is 0 Å². The normalized spacial score (nSPS) is 10.3. The van der Waals surface area contributed by atoms with Crippen molar-refractivity contribution < 1.29 is 19.4 Å². The van der Waals surface area contributed by atoms with E-state index in [4.69, 9.17) is 5.11 Å². The molecule has 0 aliphatic carbocycles. The van der Waals surface area contributed by atoms with Gasteiger partial charge in [0.05, 0.1) is 7.11 Å². The molecule has 0 radical (unpaired) electrons. The van der Waals surface area contributed by atoms with Gasteiger partial charge in [0.2, 0.25) is 5.43 Å². The Morgan fingerprint density at radius 1 is 1.28 bits per heavy atom. The second-order valence-electron chi connectivity index (χ2n) is 3.55. The summed E-state index contributed by atoms with van der Waals surface area (Å²) in [4.78, 5) is 37.2. The number of pyridine rings is 1. The summed E-state index contributed by atoms with van der Waals surface area (Å²) in [6.45, 7) is 0. The molecular weight excluding hydrogens is 238 g/mol. The number of fused-ring (bicyclic) bond motifs is 1. The van der Waals surface area contributed by atoms with E-state index in [1.165, 1.54) is 6.07 Å². The average Bonchev–Trinajstić information content (AvgIpc) is 2.37. The lowest BCUT2D eigenvalue weighted by molar-refractivity contribution is 0.0579. The van der Waals surface area contributed by atoms with Crippen molar-refractivity contribution in [2.75, 3.05) is 7.11 Å². The van der Waals surface area contributed by atoms with Crippen molar-refractivity contribution in [3.05, 3.63) is 45.7 Å². The number of ether oxygens (including phenoxy) is 1. The van der Waals surface area contributed by atoms with E-state index in [2.05, 4.69) is 9.72 Å². The van der Waals surface area contributed by atoms with Gasteiger partial charge in [0.15, 0.2) is 0 Å². The Bertz CT molecular complexity index is 701. The molecule has 2 rings (SSSR count). The minimum atomic E-state index is -1.39. The van der Waals surface area contributed by atoms with Gasteiger partial charge in [-0.25, -0.2) is 9.59 Å². The number of aromatic carboxylic acids is 1. The Labute approximate surface area is 101 Å². The molecular formula is C12H9NO5. The van der Waals surface area contributed by atoms with Gasteiger partial charge in [-0.15, -0.1) is 0 Å². The molecule has 2 aromatic rings. The zero-order valence-electron chi connectivity index (χ0n) is 9.39. The molecule has 6 heteroatoms. The molecule has 1 heterocycles. The maximum atomic E-state index is 12.1. The van der Waals surface area contributed by atoms with Crippen LogP contribution in [-0.4, -0.2) is 29.1 Å². The molecule has 0 aliphatic rings. The Hall–Kier alpha value is -2.63. The van der Waals surface area contributed by atoms with Crippen molar-refractivity contribution in [1.82, 2.24) is 4.98 Å². The van der Waals surface area contributed by atoms with Gasteiger partial charge in [0.1, 0.15) is 11.3 Å². The number of aromatic amines is 1. The number of carboxylic acid groups (broad SMARTS) is 1. The molecule has 0 amide bonds. The first-order valence-corrected chi connectivity index (χ1v) is 5.03. The number of para-hydroxylation sites is 1. The van der Waals surface area contributed by atoms with Crippen molar-refractivity contribution >= 4 is 22.8 Å². The molecule has 92 valence electrons. The van der Waals surface area contributed by atoms with Crippen molar-refractivity contribution in [3.63, 3.8) is 0 Å². The maximum absolute atomic E-state index is 12.1. The topological polar surface area (TPSA) is 96.5 Å². The number of carboxylic acids is 1. The fourth-order valence-electron chi connectivity index (χ4n) is 1.69. The Morgan fingerprint density at radius 2 is 1.94 bits per heavy atom. The minimum absolute atomic E-state index is 0.239. The van der Waals surface area contributed by atoms with Crippen LogP contribution in [0.2, 0.25) is 0 Å². The van der Waals surface area contributed by atoms with Crippen LogP contribution in [0.3, 0.4) is 0 Å². The molecule has 2 N–H and O–H groups in total. The van der Waals surface area contributed by atoms with Crippen LogP contribution in [0.5, 0.6) is 0 Å². The number of hydrogen-bond acceptors (Lipinski definition) is 4. The first-order valence-electron chi connectivity index (χ1n) is 5.03. The fourth-order valence-corrected chi connectivity index (χ4v) is 1.69. The summed E-state index contributed by atoms with van der Waals surface area (Å²) in [6, 6.07) is 6.34. The van der Waals surface area contributed by atoms with Crippen LogP contribution in [0.15, 0.2) is 29.1 Å². The highest BCUT2D eigenvalue weighted by atomic mass is 16.5. The number of esters is 1. The molecule has 1 aromatic heterocycles. The van der Waals surface area contributed by atoms with E-state index in [0.717, 1.165) is 7.11 Å². The highest BCUT2D eigenvalue weighted by molar-refractivity contribution is 6.04. The van der Waals surface area contributed by atoms with Gasteiger partial charge in [0.25, 0.3) is 0 Å². The fraction of sp³-hybridized carbons (Fsp3) is 0.0833. The molecule has 0 aliphatic heterocycles. The summed E-state index contributed by atoms with van der Waals surface area (Å²) in [5, 5.41) is 9.25. The summed E-state index contributed by atoms with van der Waals surface area (Å²) in [6.07, 6.45) is 0. The number of H-pyrrole nitrogens is 1. The van der Waals surface area contributed by atoms with E-state index in [-0.39, 0.29) is 5.39 Å². The number of carbonyl (C=O) groups excluding carboxylic acids is 1. The van der Waals surface area contributed by atoms with Gasteiger partial charge in [0, 0.05) is 10.9 Å². The zero-order valence-corrected chi connectivity index (χ0v) is 9.39. The summed E-state index contributed by atoms with van der Waals surface area (Å²) in [7, 11) is 1.09. The lowest BCUT2D eigenvalue weighted by Gasteiger charge is -2.06. The number of rotatable bonds is 2. The third-order valence-electron chi connectivity index (χ3n) is 2.51. The summed E-state index contributed by atoms with van der Waals surface area (Å²) >= 11 is 0. The number of nitrogens with one attached hydrogen (secondary N) is 1. The first-order chi connectivity index (χ1) is 8.56. The van der Waals surface area contributed by atoms with Crippen LogP contribution in [0.1, 0.15) is 20.8 Å². The van der Waals surface area contributed by atoms with Gasteiger partial charge < -0.3 is 14.8 Å². The SMILES string of the molecule is COC(=O)c1c(C(=O)O)[nH]c2ccccc2c1=O. The molecule has 0 atom stereocenters. The number of hydrogen-bond donors (Lipinski definition) is 2. The highest BCUT2D eigenvalue weighted by Crippen LogP contribution is 2.12. The van der Waals surface area contributed by atoms with Crippen molar-refractivity contribution in [1.29, 1.82) is 0 Å². The lowest BCUT2D eigenvalue weighted by Crippen LogP contribution is -2.23. The van der Waals surface area contributed by atoms with Crippen LogP contribution in [-0.2, 0) is 4.74 Å². The molecule has 0 unspecified atom stereocenters. The standard InChI is InChI=1S/C12H9NO5/c1-18-12(17)8-9(11(15)16)13-7-5-3-2-4-6(7)10(8)14/h2-5H,1H3,(H,13,14)(H,15,16). The molecule has 1 aromatic carbocycles. The summed E-state index contributed by atoms with van der Waals surface area (Å²) in [5.41, 5.74) is -1.27. The van der Waals surface area contributed by atoms with Gasteiger partial charge >= 0.3 is 11.9 Å². The Balaban J connectivity index is 2.93. The van der Waals surface area contributed by atoms with E-state index >= 15 is 0 Å². The minimum Gasteiger partial charge on any atom is -0.477 e. The molecule has 6 nitrogen and oxygen atoms in total. The molecule has 0 bridgehead atoms. The van der Waals surface area contributed by atoms with E-state index < -0.39 is 28.6 Å². The molecule has 18 heavy (non-hydrogen) atoms.